The Hall–Kier alpha value is -2.26. The van der Waals surface area contributed by atoms with E-state index in [-0.39, 0.29) is 23.5 Å². The van der Waals surface area contributed by atoms with Gasteiger partial charge in [0, 0.05) is 11.9 Å². The smallest absolute Gasteiger partial charge is 0.311 e. The second-order valence-corrected chi connectivity index (χ2v) is 8.20. The topological polar surface area (TPSA) is 86.8 Å². The van der Waals surface area contributed by atoms with Crippen molar-refractivity contribution < 1.29 is 23.8 Å². The number of rotatable bonds is 10. The minimum absolute atomic E-state index is 0.0954. The zero-order valence-electron chi connectivity index (χ0n) is 16.3. The molecule has 0 aliphatic heterocycles. The number of nitrogens with one attached hydrogen (secondary N) is 1. The highest BCUT2D eigenvalue weighted by molar-refractivity contribution is 8.02. The number of ether oxygens (including phenoxy) is 3. The van der Waals surface area contributed by atoms with Crippen LogP contribution in [0.25, 0.3) is 0 Å². The number of carbonyl (C=O) groups excluding carboxylic acids is 2. The fraction of sp³-hybridized carbons (Fsp3) is 0.421. The summed E-state index contributed by atoms with van der Waals surface area (Å²) in [5, 5.41) is 4.41. The van der Waals surface area contributed by atoms with Gasteiger partial charge in [-0.3, -0.25) is 9.59 Å². The van der Waals surface area contributed by atoms with E-state index in [1.165, 1.54) is 23.1 Å². The van der Waals surface area contributed by atoms with Crippen LogP contribution in [0.5, 0.6) is 11.5 Å². The number of nitrogens with zero attached hydrogens (tertiary/aromatic N) is 1. The Morgan fingerprint density at radius 2 is 2.00 bits per heavy atom. The van der Waals surface area contributed by atoms with Crippen molar-refractivity contribution in [2.24, 2.45) is 0 Å². The number of carbonyl (C=O) groups is 2. The molecule has 1 aromatic carbocycles. The molecule has 0 radical (unpaired) electrons. The molecule has 7 nitrogen and oxygen atoms in total. The van der Waals surface area contributed by atoms with Gasteiger partial charge in [-0.2, -0.15) is 0 Å². The minimum atomic E-state index is -0.318. The van der Waals surface area contributed by atoms with E-state index in [1.54, 1.807) is 27.2 Å². The molecule has 0 aliphatic rings. The van der Waals surface area contributed by atoms with Crippen LogP contribution in [0.3, 0.4) is 0 Å². The summed E-state index contributed by atoms with van der Waals surface area (Å²) in [4.78, 5) is 28.3. The molecule has 0 fully saturated rings. The molecular formula is C19H24N2O5S2. The Kier molecular flexibility index (Phi) is 8.59. The Labute approximate surface area is 172 Å². The van der Waals surface area contributed by atoms with Crippen molar-refractivity contribution in [3.05, 3.63) is 34.8 Å². The van der Waals surface area contributed by atoms with E-state index in [9.17, 15) is 9.59 Å². The molecule has 2 aromatic rings. The standard InChI is InChI=1S/C19H24N2O5S2/c1-5-26-17(22)9-14-11-27-19(21-14)28-12(2)18(23)20-10-13-6-7-15(24-3)16(8-13)25-4/h6-8,11-12H,5,9-10H2,1-4H3,(H,20,23). The third kappa shape index (κ3) is 6.42. The first-order valence-electron chi connectivity index (χ1n) is 8.72. The van der Waals surface area contributed by atoms with Gasteiger partial charge in [-0.25, -0.2) is 4.98 Å². The molecule has 0 aliphatic carbocycles. The number of methoxy groups -OCH3 is 2. The average molecular weight is 425 g/mol. The first kappa shape index (κ1) is 22.0. The predicted molar refractivity (Wildman–Crippen MR) is 109 cm³/mol. The zero-order chi connectivity index (χ0) is 20.5. The molecule has 1 unspecified atom stereocenters. The summed E-state index contributed by atoms with van der Waals surface area (Å²) < 4.78 is 16.1. The van der Waals surface area contributed by atoms with Crippen molar-refractivity contribution in [3.8, 4) is 11.5 Å². The van der Waals surface area contributed by atoms with Crippen molar-refractivity contribution >= 4 is 35.0 Å². The van der Waals surface area contributed by atoms with E-state index in [2.05, 4.69) is 10.3 Å². The van der Waals surface area contributed by atoms with Crippen molar-refractivity contribution in [1.82, 2.24) is 10.3 Å². The van der Waals surface area contributed by atoms with Crippen molar-refractivity contribution in [2.45, 2.75) is 36.4 Å². The van der Waals surface area contributed by atoms with Gasteiger partial charge in [-0.15, -0.1) is 11.3 Å². The molecular weight excluding hydrogens is 400 g/mol. The molecule has 2 rings (SSSR count). The van der Waals surface area contributed by atoms with E-state index < -0.39 is 0 Å². The maximum absolute atomic E-state index is 12.4. The summed E-state index contributed by atoms with van der Waals surface area (Å²) in [6, 6.07) is 5.51. The number of benzene rings is 1. The lowest BCUT2D eigenvalue weighted by molar-refractivity contribution is -0.142. The van der Waals surface area contributed by atoms with Gasteiger partial charge in [0.05, 0.1) is 38.2 Å². The fourth-order valence-electron chi connectivity index (χ4n) is 2.31. The van der Waals surface area contributed by atoms with Crippen LogP contribution in [0.1, 0.15) is 25.1 Å². The first-order chi connectivity index (χ1) is 13.5. The Balaban J connectivity index is 1.86. The Bertz CT molecular complexity index is 809. The van der Waals surface area contributed by atoms with Gasteiger partial charge < -0.3 is 19.5 Å². The predicted octanol–water partition coefficient (Wildman–Crippen LogP) is 3.06. The van der Waals surface area contributed by atoms with E-state index in [1.807, 2.05) is 24.4 Å². The molecule has 0 saturated carbocycles. The first-order valence-corrected chi connectivity index (χ1v) is 10.5. The van der Waals surface area contributed by atoms with Crippen LogP contribution in [0.4, 0.5) is 0 Å². The number of amides is 1. The zero-order valence-corrected chi connectivity index (χ0v) is 17.9. The highest BCUT2D eigenvalue weighted by Crippen LogP contribution is 2.28. The number of hydrogen-bond donors (Lipinski definition) is 1. The molecule has 152 valence electrons. The van der Waals surface area contributed by atoms with Crippen LogP contribution in [-0.2, 0) is 27.3 Å². The van der Waals surface area contributed by atoms with E-state index in [0.29, 0.717) is 30.3 Å². The van der Waals surface area contributed by atoms with E-state index in [0.717, 1.165) is 9.90 Å². The molecule has 1 atom stereocenters. The minimum Gasteiger partial charge on any atom is -0.493 e. The van der Waals surface area contributed by atoms with Crippen molar-refractivity contribution in [1.29, 1.82) is 0 Å². The molecule has 1 amide bonds. The van der Waals surface area contributed by atoms with Crippen LogP contribution in [0, 0.1) is 0 Å². The lowest BCUT2D eigenvalue weighted by atomic mass is 10.2. The number of esters is 1. The maximum Gasteiger partial charge on any atom is 0.311 e. The van der Waals surface area contributed by atoms with Gasteiger partial charge in [0.15, 0.2) is 15.8 Å². The summed E-state index contributed by atoms with van der Waals surface area (Å²) >= 11 is 2.77. The summed E-state index contributed by atoms with van der Waals surface area (Å²) in [6.45, 7) is 4.32. The fourth-order valence-corrected chi connectivity index (χ4v) is 4.32. The monoisotopic (exact) mass is 424 g/mol. The van der Waals surface area contributed by atoms with Crippen LogP contribution >= 0.6 is 23.1 Å². The Morgan fingerprint density at radius 3 is 2.68 bits per heavy atom. The molecule has 1 N–H and O–H groups in total. The summed E-state index contributed by atoms with van der Waals surface area (Å²) in [5.74, 6) is 0.865. The maximum atomic E-state index is 12.4. The van der Waals surface area contributed by atoms with Crippen LogP contribution in [0.2, 0.25) is 0 Å². The van der Waals surface area contributed by atoms with Crippen LogP contribution < -0.4 is 14.8 Å². The molecule has 1 aromatic heterocycles. The highest BCUT2D eigenvalue weighted by atomic mass is 32.2. The Morgan fingerprint density at radius 1 is 1.25 bits per heavy atom. The lowest BCUT2D eigenvalue weighted by Gasteiger charge is -2.12. The molecule has 0 saturated heterocycles. The number of thioether (sulfide) groups is 1. The van der Waals surface area contributed by atoms with E-state index in [4.69, 9.17) is 14.2 Å². The average Bonchev–Trinajstić information content (AvgIpc) is 3.12. The van der Waals surface area contributed by atoms with Crippen LogP contribution in [-0.4, -0.2) is 42.9 Å². The van der Waals surface area contributed by atoms with Gasteiger partial charge in [0.2, 0.25) is 5.91 Å². The molecule has 1 heterocycles. The van der Waals surface area contributed by atoms with Gasteiger partial charge in [0.1, 0.15) is 0 Å². The summed E-state index contributed by atoms with van der Waals surface area (Å²) in [7, 11) is 3.15. The number of thiazole rings is 1. The molecule has 28 heavy (non-hydrogen) atoms. The highest BCUT2D eigenvalue weighted by Gasteiger charge is 2.17. The number of hydrogen-bond acceptors (Lipinski definition) is 8. The largest absolute Gasteiger partial charge is 0.493 e. The molecule has 0 bridgehead atoms. The normalized spacial score (nSPS) is 11.6. The molecule has 9 heteroatoms. The van der Waals surface area contributed by atoms with Gasteiger partial charge in [-0.1, -0.05) is 17.8 Å². The lowest BCUT2D eigenvalue weighted by Crippen LogP contribution is -2.30. The quantitative estimate of drug-likeness (QED) is 0.463. The SMILES string of the molecule is CCOC(=O)Cc1csc(SC(C)C(=O)NCc2ccc(OC)c(OC)c2)n1. The number of aromatic nitrogens is 1. The van der Waals surface area contributed by atoms with Crippen molar-refractivity contribution in [2.75, 3.05) is 20.8 Å². The van der Waals surface area contributed by atoms with Gasteiger partial charge in [0.25, 0.3) is 0 Å². The summed E-state index contributed by atoms with van der Waals surface area (Å²) in [6.07, 6.45) is 0.144. The second kappa shape index (κ2) is 10.9. The third-order valence-corrected chi connectivity index (χ3v) is 5.84. The molecule has 0 spiro atoms. The third-order valence-electron chi connectivity index (χ3n) is 3.72. The summed E-state index contributed by atoms with van der Waals surface area (Å²) in [5.41, 5.74) is 1.57. The van der Waals surface area contributed by atoms with Gasteiger partial charge in [-0.05, 0) is 31.5 Å². The second-order valence-electron chi connectivity index (χ2n) is 5.75. The van der Waals surface area contributed by atoms with Crippen molar-refractivity contribution in [3.63, 3.8) is 0 Å². The van der Waals surface area contributed by atoms with E-state index >= 15 is 0 Å². The van der Waals surface area contributed by atoms with Crippen LogP contribution in [0.15, 0.2) is 27.9 Å². The van der Waals surface area contributed by atoms with Gasteiger partial charge >= 0.3 is 5.97 Å².